The Morgan fingerprint density at radius 3 is 2.83 bits per heavy atom. The van der Waals surface area contributed by atoms with Gasteiger partial charge in [0.15, 0.2) is 5.82 Å². The highest BCUT2D eigenvalue weighted by atomic mass is 16.3. The molecule has 0 bridgehead atoms. The Labute approximate surface area is 142 Å². The molecule has 3 heterocycles. The number of hydrogen-bond acceptors (Lipinski definition) is 5. The number of piperidine rings is 1. The topological polar surface area (TPSA) is 61.5 Å². The van der Waals surface area contributed by atoms with Crippen molar-refractivity contribution in [2.24, 2.45) is 5.92 Å². The first-order valence-corrected chi connectivity index (χ1v) is 8.91. The molecule has 1 aliphatic heterocycles. The van der Waals surface area contributed by atoms with E-state index in [4.69, 9.17) is 4.42 Å². The van der Waals surface area contributed by atoms with Gasteiger partial charge in [-0.25, -0.2) is 4.98 Å². The summed E-state index contributed by atoms with van der Waals surface area (Å²) in [6, 6.07) is 8.19. The first-order valence-electron chi connectivity index (χ1n) is 8.91. The van der Waals surface area contributed by atoms with Gasteiger partial charge >= 0.3 is 0 Å². The first-order chi connectivity index (χ1) is 11.7. The van der Waals surface area contributed by atoms with Crippen LogP contribution in [-0.2, 0) is 6.54 Å². The Hall–Kier alpha value is -2.01. The van der Waals surface area contributed by atoms with E-state index in [2.05, 4.69) is 40.3 Å². The third-order valence-corrected chi connectivity index (χ3v) is 5.16. The molecule has 2 aromatic rings. The van der Waals surface area contributed by atoms with Crippen molar-refractivity contribution in [2.75, 3.05) is 23.3 Å². The number of furan rings is 1. The summed E-state index contributed by atoms with van der Waals surface area (Å²) in [4.78, 5) is 6.79. The van der Waals surface area contributed by atoms with Gasteiger partial charge in [-0.15, -0.1) is 0 Å². The van der Waals surface area contributed by atoms with Gasteiger partial charge in [-0.05, 0) is 49.4 Å². The number of pyridine rings is 1. The van der Waals surface area contributed by atoms with Crippen molar-refractivity contribution in [3.05, 3.63) is 42.0 Å². The highest BCUT2D eigenvalue weighted by Crippen LogP contribution is 2.47. The molecule has 0 spiro atoms. The summed E-state index contributed by atoms with van der Waals surface area (Å²) in [5.74, 6) is 4.43. The molecule has 1 saturated carbocycles. The fraction of sp³-hybridized carbons (Fsp3) is 0.526. The van der Waals surface area contributed by atoms with Crippen LogP contribution in [0.25, 0.3) is 0 Å². The molecular formula is C19H25N3O2. The quantitative estimate of drug-likeness (QED) is 0.881. The van der Waals surface area contributed by atoms with Gasteiger partial charge in [0.25, 0.3) is 0 Å². The predicted octanol–water partition coefficient (Wildman–Crippen LogP) is 3.37. The molecule has 0 aromatic carbocycles. The van der Waals surface area contributed by atoms with E-state index in [1.807, 2.05) is 12.3 Å². The average molecular weight is 327 g/mol. The van der Waals surface area contributed by atoms with E-state index in [-0.39, 0.29) is 6.10 Å². The van der Waals surface area contributed by atoms with E-state index in [9.17, 15) is 5.11 Å². The zero-order chi connectivity index (χ0) is 16.5. The summed E-state index contributed by atoms with van der Waals surface area (Å²) in [6.45, 7) is 4.62. The molecule has 2 N–H and O–H groups in total. The van der Waals surface area contributed by atoms with Crippen LogP contribution in [0.4, 0.5) is 11.5 Å². The van der Waals surface area contributed by atoms with Crippen molar-refractivity contribution >= 4 is 11.5 Å². The molecule has 5 nitrogen and oxygen atoms in total. The second-order valence-corrected chi connectivity index (χ2v) is 7.07. The number of aromatic nitrogens is 1. The van der Waals surface area contributed by atoms with Crippen LogP contribution in [0.3, 0.4) is 0 Å². The van der Waals surface area contributed by atoms with Gasteiger partial charge in [-0.3, -0.25) is 0 Å². The lowest BCUT2D eigenvalue weighted by atomic mass is 10.1. The Morgan fingerprint density at radius 1 is 1.29 bits per heavy atom. The van der Waals surface area contributed by atoms with E-state index < -0.39 is 0 Å². The molecule has 0 amide bonds. The molecular weight excluding hydrogens is 302 g/mol. The minimum atomic E-state index is -0.173. The van der Waals surface area contributed by atoms with E-state index in [1.165, 1.54) is 6.42 Å². The van der Waals surface area contributed by atoms with Crippen molar-refractivity contribution in [1.82, 2.24) is 4.98 Å². The second-order valence-electron chi connectivity index (χ2n) is 7.07. The molecule has 2 unspecified atom stereocenters. The predicted molar refractivity (Wildman–Crippen MR) is 94.2 cm³/mol. The van der Waals surface area contributed by atoms with E-state index in [1.54, 1.807) is 0 Å². The molecule has 1 aliphatic carbocycles. The highest BCUT2D eigenvalue weighted by molar-refractivity contribution is 5.65. The maximum absolute atomic E-state index is 9.69. The van der Waals surface area contributed by atoms with Crippen LogP contribution in [-0.4, -0.2) is 29.3 Å². The lowest BCUT2D eigenvalue weighted by Crippen LogP contribution is -2.36. The molecule has 128 valence electrons. The molecule has 4 rings (SSSR count). The molecule has 0 radical (unpaired) electrons. The van der Waals surface area contributed by atoms with Gasteiger partial charge in [0.1, 0.15) is 11.5 Å². The molecule has 5 heteroatoms. The third-order valence-electron chi connectivity index (χ3n) is 5.16. The van der Waals surface area contributed by atoms with Crippen LogP contribution >= 0.6 is 0 Å². The number of aliphatic hydroxyl groups is 1. The molecule has 1 saturated heterocycles. The van der Waals surface area contributed by atoms with Crippen molar-refractivity contribution in [2.45, 2.75) is 44.8 Å². The summed E-state index contributed by atoms with van der Waals surface area (Å²) < 4.78 is 5.97. The molecule has 2 atom stereocenters. The maximum atomic E-state index is 9.69. The highest BCUT2D eigenvalue weighted by Gasteiger charge is 2.36. The van der Waals surface area contributed by atoms with Gasteiger partial charge < -0.3 is 19.7 Å². The third kappa shape index (κ3) is 3.26. The molecule has 24 heavy (non-hydrogen) atoms. The molecule has 2 aliphatic rings. The Morgan fingerprint density at radius 2 is 2.08 bits per heavy atom. The summed E-state index contributed by atoms with van der Waals surface area (Å²) in [7, 11) is 0. The van der Waals surface area contributed by atoms with Crippen molar-refractivity contribution in [3.8, 4) is 0 Å². The summed E-state index contributed by atoms with van der Waals surface area (Å²) in [5.41, 5.74) is 1.02. The number of anilines is 2. The number of hydrogen-bond donors (Lipinski definition) is 2. The van der Waals surface area contributed by atoms with Gasteiger partial charge in [0, 0.05) is 25.2 Å². The van der Waals surface area contributed by atoms with Gasteiger partial charge in [0.2, 0.25) is 0 Å². The number of aliphatic hydroxyl groups excluding tert-OH is 1. The lowest BCUT2D eigenvalue weighted by molar-refractivity contribution is 0.145. The van der Waals surface area contributed by atoms with Crippen LogP contribution in [0, 0.1) is 5.92 Å². The maximum Gasteiger partial charge on any atom is 0.151 e. The number of rotatable bonds is 5. The van der Waals surface area contributed by atoms with Gasteiger partial charge in [-0.1, -0.05) is 6.92 Å². The Bertz CT molecular complexity index is 691. The van der Waals surface area contributed by atoms with Crippen LogP contribution in [0.5, 0.6) is 0 Å². The van der Waals surface area contributed by atoms with E-state index >= 15 is 0 Å². The second kappa shape index (κ2) is 6.48. The summed E-state index contributed by atoms with van der Waals surface area (Å²) in [5, 5.41) is 13.2. The Kier molecular flexibility index (Phi) is 4.19. The van der Waals surface area contributed by atoms with E-state index in [0.717, 1.165) is 54.9 Å². The zero-order valence-corrected chi connectivity index (χ0v) is 14.1. The van der Waals surface area contributed by atoms with Crippen molar-refractivity contribution in [3.63, 3.8) is 0 Å². The average Bonchev–Trinajstić information content (AvgIpc) is 3.15. The standard InChI is InChI=1S/C19H25N3O2/c1-13-11-16(13)18-5-4-15(24-18)12-21-17-3-2-8-20-19(17)22-9-6-14(23)7-10-22/h2-5,8,13-14,16,21,23H,6-7,9-12H2,1H3. The van der Waals surface area contributed by atoms with Crippen LogP contribution in [0.15, 0.2) is 34.9 Å². The lowest BCUT2D eigenvalue weighted by Gasteiger charge is -2.31. The Balaban J connectivity index is 1.42. The van der Waals surface area contributed by atoms with Crippen LogP contribution < -0.4 is 10.2 Å². The minimum absolute atomic E-state index is 0.173. The monoisotopic (exact) mass is 327 g/mol. The van der Waals surface area contributed by atoms with E-state index in [0.29, 0.717) is 12.5 Å². The summed E-state index contributed by atoms with van der Waals surface area (Å²) in [6.07, 6.45) is 4.50. The smallest absolute Gasteiger partial charge is 0.151 e. The van der Waals surface area contributed by atoms with Crippen molar-refractivity contribution in [1.29, 1.82) is 0 Å². The largest absolute Gasteiger partial charge is 0.464 e. The minimum Gasteiger partial charge on any atom is -0.464 e. The molecule has 2 fully saturated rings. The van der Waals surface area contributed by atoms with Gasteiger partial charge in [-0.2, -0.15) is 0 Å². The fourth-order valence-corrected chi connectivity index (χ4v) is 3.45. The zero-order valence-electron chi connectivity index (χ0n) is 14.1. The SMILES string of the molecule is CC1CC1c1ccc(CNc2cccnc2N2CCC(O)CC2)o1. The van der Waals surface area contributed by atoms with Gasteiger partial charge in [0.05, 0.1) is 18.3 Å². The van der Waals surface area contributed by atoms with Crippen molar-refractivity contribution < 1.29 is 9.52 Å². The summed E-state index contributed by atoms with van der Waals surface area (Å²) >= 11 is 0. The first kappa shape index (κ1) is 15.5. The molecule has 2 aromatic heterocycles. The fourth-order valence-electron chi connectivity index (χ4n) is 3.45. The van der Waals surface area contributed by atoms with Crippen LogP contribution in [0.1, 0.15) is 43.6 Å². The number of nitrogens with one attached hydrogen (secondary N) is 1. The number of nitrogens with zero attached hydrogens (tertiary/aromatic N) is 2. The normalized spacial score (nSPS) is 24.2. The van der Waals surface area contributed by atoms with Crippen LogP contribution in [0.2, 0.25) is 0 Å².